The van der Waals surface area contributed by atoms with Gasteiger partial charge in [-0.15, -0.1) is 0 Å². The number of amides is 1. The molecular weight excluding hydrogens is 356 g/mol. The summed E-state index contributed by atoms with van der Waals surface area (Å²) in [6.07, 6.45) is 8.51. The van der Waals surface area contributed by atoms with Crippen LogP contribution in [0, 0.1) is 0 Å². The Balaban J connectivity index is 1.83. The number of aliphatic hydroxyl groups excluding tert-OH is 1. The van der Waals surface area contributed by atoms with E-state index in [1.54, 1.807) is 41.7 Å². The van der Waals surface area contributed by atoms with Gasteiger partial charge in [-0.3, -0.25) is 14.8 Å². The fourth-order valence-electron chi connectivity index (χ4n) is 2.94. The van der Waals surface area contributed by atoms with E-state index in [0.29, 0.717) is 28.8 Å². The molecule has 8 nitrogen and oxygen atoms in total. The Morgan fingerprint density at radius 2 is 1.93 bits per heavy atom. The van der Waals surface area contributed by atoms with Gasteiger partial charge in [0.2, 0.25) is 0 Å². The lowest BCUT2D eigenvalue weighted by Gasteiger charge is -2.09. The van der Waals surface area contributed by atoms with Crippen LogP contribution in [0.4, 0.5) is 0 Å². The standard InChI is InChI=1S/C20H18N6O2/c27-8-7-23-20(28)16-9-18(15-4-2-6-22-11-15)25-19-17(16)12-24-26(19)13-14-3-1-5-21-10-14/h1-6,9-12,27H,7-8,13H2,(H,23,28). The number of hydrogen-bond donors (Lipinski definition) is 2. The maximum Gasteiger partial charge on any atom is 0.252 e. The third kappa shape index (κ3) is 3.58. The largest absolute Gasteiger partial charge is 0.395 e. The molecule has 0 aliphatic heterocycles. The Morgan fingerprint density at radius 3 is 2.64 bits per heavy atom. The van der Waals surface area contributed by atoms with Gasteiger partial charge in [-0.05, 0) is 29.8 Å². The van der Waals surface area contributed by atoms with Crippen LogP contribution in [0.15, 0.2) is 61.3 Å². The van der Waals surface area contributed by atoms with E-state index in [1.807, 2.05) is 24.3 Å². The summed E-state index contributed by atoms with van der Waals surface area (Å²) in [6.45, 7) is 0.531. The molecule has 0 fully saturated rings. The number of aliphatic hydroxyl groups is 1. The first kappa shape index (κ1) is 17.7. The first-order valence-electron chi connectivity index (χ1n) is 8.81. The van der Waals surface area contributed by atoms with Crippen molar-refractivity contribution in [1.82, 2.24) is 30.0 Å². The van der Waals surface area contributed by atoms with Crippen LogP contribution < -0.4 is 5.32 Å². The van der Waals surface area contributed by atoms with Crippen LogP contribution in [0.5, 0.6) is 0 Å². The molecule has 0 aliphatic rings. The van der Waals surface area contributed by atoms with Crippen molar-refractivity contribution in [3.05, 3.63) is 72.4 Å². The number of carbonyl (C=O) groups is 1. The first-order chi connectivity index (χ1) is 13.8. The van der Waals surface area contributed by atoms with Gasteiger partial charge in [0.15, 0.2) is 5.65 Å². The van der Waals surface area contributed by atoms with Gasteiger partial charge in [-0.2, -0.15) is 5.10 Å². The highest BCUT2D eigenvalue weighted by atomic mass is 16.3. The van der Waals surface area contributed by atoms with Crippen LogP contribution in [0.3, 0.4) is 0 Å². The molecule has 1 amide bonds. The maximum atomic E-state index is 12.7. The summed E-state index contributed by atoms with van der Waals surface area (Å²) < 4.78 is 1.75. The molecule has 140 valence electrons. The number of nitrogens with zero attached hydrogens (tertiary/aromatic N) is 5. The normalized spacial score (nSPS) is 10.9. The highest BCUT2D eigenvalue weighted by Gasteiger charge is 2.17. The average molecular weight is 374 g/mol. The number of rotatable bonds is 6. The van der Waals surface area contributed by atoms with Gasteiger partial charge in [0.25, 0.3) is 5.91 Å². The van der Waals surface area contributed by atoms with Gasteiger partial charge < -0.3 is 10.4 Å². The predicted molar refractivity (Wildman–Crippen MR) is 104 cm³/mol. The number of carbonyl (C=O) groups excluding carboxylic acids is 1. The Kier molecular flexibility index (Phi) is 5.03. The van der Waals surface area contributed by atoms with E-state index in [1.165, 1.54) is 0 Å². The maximum absolute atomic E-state index is 12.7. The highest BCUT2D eigenvalue weighted by molar-refractivity contribution is 6.06. The Labute approximate surface area is 160 Å². The summed E-state index contributed by atoms with van der Waals surface area (Å²) >= 11 is 0. The summed E-state index contributed by atoms with van der Waals surface area (Å²) in [5, 5.41) is 16.8. The topological polar surface area (TPSA) is 106 Å². The minimum Gasteiger partial charge on any atom is -0.395 e. The molecule has 4 rings (SSSR count). The summed E-state index contributed by atoms with van der Waals surface area (Å²) in [5.41, 5.74) is 3.46. The van der Waals surface area contributed by atoms with Crippen molar-refractivity contribution in [2.45, 2.75) is 6.54 Å². The third-order valence-electron chi connectivity index (χ3n) is 4.26. The van der Waals surface area contributed by atoms with E-state index in [2.05, 4.69) is 20.4 Å². The lowest BCUT2D eigenvalue weighted by molar-refractivity contribution is 0.0946. The fourth-order valence-corrected chi connectivity index (χ4v) is 2.94. The smallest absolute Gasteiger partial charge is 0.252 e. The van der Waals surface area contributed by atoms with Gasteiger partial charge in [0.1, 0.15) is 0 Å². The minimum absolute atomic E-state index is 0.129. The molecule has 8 heteroatoms. The quantitative estimate of drug-likeness (QED) is 0.532. The van der Waals surface area contributed by atoms with E-state index in [0.717, 1.165) is 11.1 Å². The Morgan fingerprint density at radius 1 is 1.11 bits per heavy atom. The van der Waals surface area contributed by atoms with Crippen LogP contribution in [0.1, 0.15) is 15.9 Å². The molecule has 0 aliphatic carbocycles. The third-order valence-corrected chi connectivity index (χ3v) is 4.26. The second kappa shape index (κ2) is 7.93. The van der Waals surface area contributed by atoms with Crippen molar-refractivity contribution in [3.8, 4) is 11.3 Å². The Hall–Kier alpha value is -3.65. The monoisotopic (exact) mass is 374 g/mol. The first-order valence-corrected chi connectivity index (χ1v) is 8.81. The molecule has 0 saturated heterocycles. The number of nitrogens with one attached hydrogen (secondary N) is 1. The summed E-state index contributed by atoms with van der Waals surface area (Å²) in [5.74, 6) is -0.285. The summed E-state index contributed by atoms with van der Waals surface area (Å²) in [4.78, 5) is 25.7. The van der Waals surface area contributed by atoms with E-state index in [-0.39, 0.29) is 19.1 Å². The molecule has 4 aromatic rings. The lowest BCUT2D eigenvalue weighted by atomic mass is 10.1. The van der Waals surface area contributed by atoms with E-state index >= 15 is 0 Å². The van der Waals surface area contributed by atoms with Crippen LogP contribution in [0.2, 0.25) is 0 Å². The second-order valence-corrected chi connectivity index (χ2v) is 6.18. The zero-order valence-electron chi connectivity index (χ0n) is 15.0. The van der Waals surface area contributed by atoms with Crippen LogP contribution in [-0.4, -0.2) is 48.9 Å². The van der Waals surface area contributed by atoms with Gasteiger partial charge in [-0.25, -0.2) is 9.67 Å². The molecule has 0 spiro atoms. The van der Waals surface area contributed by atoms with Crippen molar-refractivity contribution < 1.29 is 9.90 Å². The van der Waals surface area contributed by atoms with Crippen LogP contribution in [0.25, 0.3) is 22.3 Å². The SMILES string of the molecule is O=C(NCCO)c1cc(-c2cccnc2)nc2c1cnn2Cc1cccnc1. The van der Waals surface area contributed by atoms with Crippen molar-refractivity contribution in [2.75, 3.05) is 13.2 Å². The minimum atomic E-state index is -0.285. The van der Waals surface area contributed by atoms with Crippen molar-refractivity contribution >= 4 is 16.9 Å². The van der Waals surface area contributed by atoms with Gasteiger partial charge in [-0.1, -0.05) is 6.07 Å². The molecule has 2 N–H and O–H groups in total. The predicted octanol–water partition coefficient (Wildman–Crippen LogP) is 1.66. The summed E-state index contributed by atoms with van der Waals surface area (Å²) in [7, 11) is 0. The molecule has 28 heavy (non-hydrogen) atoms. The Bertz CT molecular complexity index is 1100. The van der Waals surface area contributed by atoms with Crippen LogP contribution >= 0.6 is 0 Å². The van der Waals surface area contributed by atoms with Crippen molar-refractivity contribution in [2.24, 2.45) is 0 Å². The average Bonchev–Trinajstić information content (AvgIpc) is 3.15. The molecule has 0 aromatic carbocycles. The van der Waals surface area contributed by atoms with Gasteiger partial charge >= 0.3 is 0 Å². The van der Waals surface area contributed by atoms with E-state index < -0.39 is 0 Å². The second-order valence-electron chi connectivity index (χ2n) is 6.18. The molecule has 0 bridgehead atoms. The van der Waals surface area contributed by atoms with Crippen molar-refractivity contribution in [3.63, 3.8) is 0 Å². The molecule has 0 atom stereocenters. The summed E-state index contributed by atoms with van der Waals surface area (Å²) in [6, 6.07) is 9.25. The number of fused-ring (bicyclic) bond motifs is 1. The molecule has 0 saturated carbocycles. The zero-order valence-corrected chi connectivity index (χ0v) is 15.0. The molecule has 4 heterocycles. The molecule has 4 aromatic heterocycles. The fraction of sp³-hybridized carbons (Fsp3) is 0.150. The number of hydrogen-bond acceptors (Lipinski definition) is 6. The van der Waals surface area contributed by atoms with E-state index in [4.69, 9.17) is 10.1 Å². The highest BCUT2D eigenvalue weighted by Crippen LogP contribution is 2.25. The molecule has 0 unspecified atom stereocenters. The van der Waals surface area contributed by atoms with Crippen LogP contribution in [-0.2, 0) is 6.54 Å². The number of aromatic nitrogens is 5. The molecular formula is C20H18N6O2. The van der Waals surface area contributed by atoms with Gasteiger partial charge in [0, 0.05) is 36.9 Å². The zero-order chi connectivity index (χ0) is 19.3. The van der Waals surface area contributed by atoms with E-state index in [9.17, 15) is 4.79 Å². The number of pyridine rings is 3. The van der Waals surface area contributed by atoms with Crippen molar-refractivity contribution in [1.29, 1.82) is 0 Å². The molecule has 0 radical (unpaired) electrons. The lowest BCUT2D eigenvalue weighted by Crippen LogP contribution is -2.26. The van der Waals surface area contributed by atoms with Gasteiger partial charge in [0.05, 0.1) is 36.0 Å².